The van der Waals surface area contributed by atoms with E-state index in [2.05, 4.69) is 0 Å². The minimum atomic E-state index is -0.214. The van der Waals surface area contributed by atoms with Gasteiger partial charge < -0.3 is 9.64 Å². The smallest absolute Gasteiger partial charge is 0.235 e. The Morgan fingerprint density at radius 3 is 2.36 bits per heavy atom. The summed E-state index contributed by atoms with van der Waals surface area (Å²) in [5, 5.41) is 0.449. The normalized spacial score (nSPS) is 15.9. The number of thioether (sulfide) groups is 1. The summed E-state index contributed by atoms with van der Waals surface area (Å²) in [5.74, 6) is 0.944. The molecular weight excluding hydrogens is 394 g/mol. The number of ether oxygens (including phenoxy) is 1. The van der Waals surface area contributed by atoms with E-state index >= 15 is 0 Å². The molecule has 1 aliphatic heterocycles. The third kappa shape index (κ3) is 4.89. The van der Waals surface area contributed by atoms with Gasteiger partial charge in [-0.15, -0.1) is 11.8 Å². The molecule has 0 spiro atoms. The minimum absolute atomic E-state index is 0.0380. The monoisotopic (exact) mass is 417 g/mol. The molecule has 0 aromatic heterocycles. The van der Waals surface area contributed by atoms with Crippen LogP contribution in [0.1, 0.15) is 30.1 Å². The number of carbonyl (C=O) groups is 2. The van der Waals surface area contributed by atoms with Crippen LogP contribution in [-0.2, 0) is 4.79 Å². The zero-order valence-electron chi connectivity index (χ0n) is 16.1. The first-order chi connectivity index (χ1) is 13.5. The van der Waals surface area contributed by atoms with E-state index in [0.29, 0.717) is 36.5 Å². The van der Waals surface area contributed by atoms with Gasteiger partial charge in [0.15, 0.2) is 5.78 Å². The molecule has 0 saturated carbocycles. The molecule has 1 amide bonds. The molecule has 1 atom stereocenters. The molecule has 1 saturated heterocycles. The number of likely N-dealkylation sites (tertiary alicyclic amines) is 1. The minimum Gasteiger partial charge on any atom is -0.497 e. The SMILES string of the molecule is COc1ccc(C(=O)C2CCN(C(=O)C(C)Sc3ccccc3Cl)CC2)cc1. The first-order valence-electron chi connectivity index (χ1n) is 9.38. The van der Waals surface area contributed by atoms with E-state index in [1.54, 1.807) is 31.4 Å². The summed E-state index contributed by atoms with van der Waals surface area (Å²) in [5.41, 5.74) is 0.702. The third-order valence-corrected chi connectivity index (χ3v) is 6.65. The lowest BCUT2D eigenvalue weighted by atomic mass is 9.89. The van der Waals surface area contributed by atoms with E-state index in [4.69, 9.17) is 16.3 Å². The maximum Gasteiger partial charge on any atom is 0.235 e. The quantitative estimate of drug-likeness (QED) is 0.492. The summed E-state index contributed by atoms with van der Waals surface area (Å²) in [6.07, 6.45) is 1.39. The topological polar surface area (TPSA) is 46.6 Å². The number of hydrogen-bond donors (Lipinski definition) is 0. The second-order valence-corrected chi connectivity index (χ2v) is 8.67. The van der Waals surface area contributed by atoms with Crippen LogP contribution in [0.3, 0.4) is 0 Å². The zero-order valence-corrected chi connectivity index (χ0v) is 17.6. The molecule has 1 unspecified atom stereocenters. The molecule has 0 bridgehead atoms. The Morgan fingerprint density at radius 2 is 1.75 bits per heavy atom. The molecule has 6 heteroatoms. The van der Waals surface area contributed by atoms with Crippen LogP contribution in [0.15, 0.2) is 53.4 Å². The third-order valence-electron chi connectivity index (χ3n) is 5.04. The standard InChI is InChI=1S/C22H24ClNO3S/c1-15(28-20-6-4-3-5-19(20)23)22(26)24-13-11-17(12-14-24)21(25)16-7-9-18(27-2)10-8-16/h3-10,15,17H,11-14H2,1-2H3. The Kier molecular flexibility index (Phi) is 7.03. The van der Waals surface area contributed by atoms with E-state index < -0.39 is 0 Å². The van der Waals surface area contributed by atoms with Crippen molar-refractivity contribution in [2.45, 2.75) is 29.9 Å². The zero-order chi connectivity index (χ0) is 20.1. The van der Waals surface area contributed by atoms with Crippen molar-refractivity contribution in [1.29, 1.82) is 0 Å². The van der Waals surface area contributed by atoms with Crippen molar-refractivity contribution in [3.8, 4) is 5.75 Å². The number of amides is 1. The molecule has 0 radical (unpaired) electrons. The van der Waals surface area contributed by atoms with E-state index in [0.717, 1.165) is 10.6 Å². The van der Waals surface area contributed by atoms with Gasteiger partial charge in [0.25, 0.3) is 0 Å². The number of methoxy groups -OCH3 is 1. The van der Waals surface area contributed by atoms with Crippen LogP contribution >= 0.6 is 23.4 Å². The first-order valence-corrected chi connectivity index (χ1v) is 10.6. The van der Waals surface area contributed by atoms with Crippen molar-refractivity contribution in [1.82, 2.24) is 4.90 Å². The molecule has 2 aromatic rings. The van der Waals surface area contributed by atoms with Crippen LogP contribution in [0.25, 0.3) is 0 Å². The molecule has 3 rings (SSSR count). The van der Waals surface area contributed by atoms with Gasteiger partial charge >= 0.3 is 0 Å². The van der Waals surface area contributed by atoms with Gasteiger partial charge in [-0.05, 0) is 56.2 Å². The largest absolute Gasteiger partial charge is 0.497 e. The molecule has 2 aromatic carbocycles. The van der Waals surface area contributed by atoms with Crippen LogP contribution in [0, 0.1) is 5.92 Å². The van der Waals surface area contributed by atoms with Crippen molar-refractivity contribution >= 4 is 35.1 Å². The number of Topliss-reactive ketones (excluding diaryl/α,β-unsaturated/α-hetero) is 1. The van der Waals surface area contributed by atoms with Crippen molar-refractivity contribution in [2.24, 2.45) is 5.92 Å². The van der Waals surface area contributed by atoms with Crippen LogP contribution < -0.4 is 4.74 Å². The molecule has 1 heterocycles. The molecule has 148 valence electrons. The van der Waals surface area contributed by atoms with Crippen molar-refractivity contribution in [3.63, 3.8) is 0 Å². The van der Waals surface area contributed by atoms with Crippen LogP contribution in [-0.4, -0.2) is 42.0 Å². The van der Waals surface area contributed by atoms with E-state index in [1.807, 2.05) is 36.1 Å². The lowest BCUT2D eigenvalue weighted by Gasteiger charge is -2.33. The van der Waals surface area contributed by atoms with Crippen molar-refractivity contribution in [3.05, 3.63) is 59.1 Å². The summed E-state index contributed by atoms with van der Waals surface area (Å²) in [4.78, 5) is 28.3. The number of nitrogens with zero attached hydrogens (tertiary/aromatic N) is 1. The van der Waals surface area contributed by atoms with Gasteiger partial charge in [0.2, 0.25) is 5.91 Å². The molecule has 1 aliphatic rings. The van der Waals surface area contributed by atoms with Gasteiger partial charge in [-0.2, -0.15) is 0 Å². The highest BCUT2D eigenvalue weighted by Gasteiger charge is 2.30. The summed E-state index contributed by atoms with van der Waals surface area (Å²) < 4.78 is 5.14. The second-order valence-electron chi connectivity index (χ2n) is 6.88. The maximum absolute atomic E-state index is 12.8. The van der Waals surface area contributed by atoms with E-state index in [-0.39, 0.29) is 22.9 Å². The van der Waals surface area contributed by atoms with Gasteiger partial charge in [-0.3, -0.25) is 9.59 Å². The first kappa shape index (κ1) is 20.7. The summed E-state index contributed by atoms with van der Waals surface area (Å²) in [7, 11) is 1.61. The van der Waals surface area contributed by atoms with Gasteiger partial charge in [-0.25, -0.2) is 0 Å². The average Bonchev–Trinajstić information content (AvgIpc) is 2.74. The van der Waals surface area contributed by atoms with Gasteiger partial charge in [-0.1, -0.05) is 23.7 Å². The number of ketones is 1. The van der Waals surface area contributed by atoms with Crippen molar-refractivity contribution < 1.29 is 14.3 Å². The Bertz CT molecular complexity index is 832. The van der Waals surface area contributed by atoms with Gasteiger partial charge in [0.1, 0.15) is 5.75 Å². The van der Waals surface area contributed by atoms with Crippen LogP contribution in [0.4, 0.5) is 0 Å². The molecule has 4 nitrogen and oxygen atoms in total. The van der Waals surface area contributed by atoms with Crippen molar-refractivity contribution in [2.75, 3.05) is 20.2 Å². The number of benzene rings is 2. The number of piperidine rings is 1. The number of halogens is 1. The van der Waals surface area contributed by atoms with Crippen LogP contribution in [0.2, 0.25) is 5.02 Å². The predicted octanol–water partition coefficient (Wildman–Crippen LogP) is 4.95. The summed E-state index contributed by atoms with van der Waals surface area (Å²) in [6.45, 7) is 3.13. The number of rotatable bonds is 6. The highest BCUT2D eigenvalue weighted by molar-refractivity contribution is 8.00. The second kappa shape index (κ2) is 9.48. The molecule has 28 heavy (non-hydrogen) atoms. The fourth-order valence-corrected chi connectivity index (χ4v) is 4.63. The molecule has 0 N–H and O–H groups in total. The Hall–Kier alpha value is -1.98. The average molecular weight is 418 g/mol. The van der Waals surface area contributed by atoms with E-state index in [9.17, 15) is 9.59 Å². The summed E-state index contributed by atoms with van der Waals surface area (Å²) >= 11 is 7.68. The van der Waals surface area contributed by atoms with Crippen LogP contribution in [0.5, 0.6) is 5.75 Å². The summed E-state index contributed by atoms with van der Waals surface area (Å²) in [6, 6.07) is 14.8. The maximum atomic E-state index is 12.8. The molecule has 0 aliphatic carbocycles. The highest BCUT2D eigenvalue weighted by atomic mass is 35.5. The van der Waals surface area contributed by atoms with E-state index in [1.165, 1.54) is 11.8 Å². The van der Waals surface area contributed by atoms with Gasteiger partial charge in [0.05, 0.1) is 17.4 Å². The lowest BCUT2D eigenvalue weighted by molar-refractivity contribution is -0.131. The fourth-order valence-electron chi connectivity index (χ4n) is 3.39. The Balaban J connectivity index is 1.54. The highest BCUT2D eigenvalue weighted by Crippen LogP contribution is 2.32. The fraction of sp³-hybridized carbons (Fsp3) is 0.364. The number of carbonyl (C=O) groups excluding carboxylic acids is 2. The molecular formula is C22H24ClNO3S. The lowest BCUT2D eigenvalue weighted by Crippen LogP contribution is -2.43. The Morgan fingerprint density at radius 1 is 1.11 bits per heavy atom. The number of hydrogen-bond acceptors (Lipinski definition) is 4. The Labute approximate surface area is 175 Å². The van der Waals surface area contributed by atoms with Gasteiger partial charge in [0, 0.05) is 29.5 Å². The molecule has 1 fully saturated rings. The predicted molar refractivity (Wildman–Crippen MR) is 113 cm³/mol.